The van der Waals surface area contributed by atoms with E-state index in [9.17, 15) is 13.2 Å². The maximum absolute atomic E-state index is 12.5. The molecule has 7 heteroatoms. The van der Waals surface area contributed by atoms with Crippen LogP contribution in [0.1, 0.15) is 43.2 Å². The van der Waals surface area contributed by atoms with E-state index in [4.69, 9.17) is 4.74 Å². The molecule has 0 atom stereocenters. The third kappa shape index (κ3) is 4.64. The Morgan fingerprint density at radius 1 is 1.19 bits per heavy atom. The third-order valence-electron chi connectivity index (χ3n) is 5.39. The van der Waals surface area contributed by atoms with Gasteiger partial charge in [-0.2, -0.15) is 0 Å². The lowest BCUT2D eigenvalue weighted by molar-refractivity contribution is -0.133. The molecule has 0 unspecified atom stereocenters. The molecule has 1 N–H and O–H groups in total. The van der Waals surface area contributed by atoms with Crippen molar-refractivity contribution >= 4 is 15.9 Å². The Balaban J connectivity index is 1.51. The number of rotatable bonds is 6. The van der Waals surface area contributed by atoms with Gasteiger partial charge in [0.2, 0.25) is 15.9 Å². The van der Waals surface area contributed by atoms with Crippen LogP contribution in [-0.2, 0) is 32.4 Å². The molecule has 0 saturated carbocycles. The first-order chi connectivity index (χ1) is 12.5. The van der Waals surface area contributed by atoms with Crippen LogP contribution in [0.15, 0.2) is 23.1 Å². The van der Waals surface area contributed by atoms with Crippen molar-refractivity contribution in [2.24, 2.45) is 0 Å². The highest BCUT2D eigenvalue weighted by Crippen LogP contribution is 2.24. The van der Waals surface area contributed by atoms with E-state index in [-0.39, 0.29) is 25.0 Å². The summed E-state index contributed by atoms with van der Waals surface area (Å²) in [5, 5.41) is 0. The number of piperidine rings is 1. The van der Waals surface area contributed by atoms with Crippen molar-refractivity contribution in [1.82, 2.24) is 9.62 Å². The van der Waals surface area contributed by atoms with E-state index >= 15 is 0 Å². The minimum Gasteiger partial charge on any atom is -0.381 e. The highest BCUT2D eigenvalue weighted by molar-refractivity contribution is 7.89. The molecule has 0 spiro atoms. The fraction of sp³-hybridized carbons (Fsp3) is 0.632. The summed E-state index contributed by atoms with van der Waals surface area (Å²) in [6, 6.07) is 5.38. The maximum Gasteiger partial charge on any atom is 0.240 e. The van der Waals surface area contributed by atoms with Gasteiger partial charge in [-0.05, 0) is 61.8 Å². The normalized spacial score (nSPS) is 18.6. The van der Waals surface area contributed by atoms with Crippen LogP contribution in [0, 0.1) is 0 Å². The Bertz CT molecular complexity index is 740. The molecule has 1 amide bonds. The van der Waals surface area contributed by atoms with E-state index in [0.29, 0.717) is 18.0 Å². The van der Waals surface area contributed by atoms with Crippen molar-refractivity contribution in [2.75, 3.05) is 26.7 Å². The molecular weight excluding hydrogens is 352 g/mol. The highest BCUT2D eigenvalue weighted by Gasteiger charge is 2.23. The van der Waals surface area contributed by atoms with Crippen LogP contribution in [-0.4, -0.2) is 52.1 Å². The number of nitrogens with zero attached hydrogens (tertiary/aromatic N) is 1. The summed E-state index contributed by atoms with van der Waals surface area (Å²) in [6.07, 6.45) is 6.32. The Kier molecular flexibility index (Phi) is 6.32. The van der Waals surface area contributed by atoms with Crippen molar-refractivity contribution in [3.63, 3.8) is 0 Å². The lowest BCUT2D eigenvalue weighted by Crippen LogP contribution is -2.41. The number of benzene rings is 1. The summed E-state index contributed by atoms with van der Waals surface area (Å²) in [6.45, 7) is 1.48. The Labute approximate surface area is 156 Å². The second-order valence-electron chi connectivity index (χ2n) is 7.10. The molecule has 1 aliphatic heterocycles. The van der Waals surface area contributed by atoms with E-state index in [1.807, 2.05) is 6.07 Å². The molecule has 1 aromatic rings. The summed E-state index contributed by atoms with van der Waals surface area (Å²) >= 11 is 0. The average molecular weight is 381 g/mol. The van der Waals surface area contributed by atoms with Crippen LogP contribution in [0.3, 0.4) is 0 Å². The molecule has 144 valence electrons. The Hall–Kier alpha value is -1.44. The van der Waals surface area contributed by atoms with Crippen LogP contribution in [0.4, 0.5) is 0 Å². The van der Waals surface area contributed by atoms with Gasteiger partial charge in [-0.15, -0.1) is 0 Å². The van der Waals surface area contributed by atoms with E-state index in [1.54, 1.807) is 24.1 Å². The number of amides is 1. The molecule has 1 saturated heterocycles. The van der Waals surface area contributed by atoms with Crippen LogP contribution in [0.2, 0.25) is 0 Å². The largest absolute Gasteiger partial charge is 0.381 e. The third-order valence-corrected chi connectivity index (χ3v) is 6.85. The van der Waals surface area contributed by atoms with Crippen LogP contribution in [0.5, 0.6) is 0 Å². The predicted molar refractivity (Wildman–Crippen MR) is 99.5 cm³/mol. The number of carbonyl (C=O) groups is 1. The minimum atomic E-state index is -3.57. The fourth-order valence-corrected chi connectivity index (χ4v) is 4.83. The lowest BCUT2D eigenvalue weighted by Gasteiger charge is -2.31. The minimum absolute atomic E-state index is 0.00676. The zero-order valence-electron chi connectivity index (χ0n) is 15.4. The van der Waals surface area contributed by atoms with Gasteiger partial charge < -0.3 is 9.64 Å². The number of ether oxygens (including phenoxy) is 1. The van der Waals surface area contributed by atoms with Gasteiger partial charge in [-0.1, -0.05) is 6.07 Å². The average Bonchev–Trinajstić information content (AvgIpc) is 2.67. The fourth-order valence-electron chi connectivity index (χ4n) is 3.75. The molecule has 1 fully saturated rings. The predicted octanol–water partition coefficient (Wildman–Crippen LogP) is 1.87. The monoisotopic (exact) mass is 380 g/mol. The van der Waals surface area contributed by atoms with Crippen LogP contribution in [0.25, 0.3) is 0 Å². The number of methoxy groups -OCH3 is 1. The first-order valence-electron chi connectivity index (χ1n) is 9.41. The number of sulfonamides is 1. The Morgan fingerprint density at radius 2 is 1.88 bits per heavy atom. The topological polar surface area (TPSA) is 75.7 Å². The molecular formula is C19H28N2O4S. The number of nitrogens with one attached hydrogen (secondary N) is 1. The lowest BCUT2D eigenvalue weighted by atomic mass is 9.92. The first kappa shape index (κ1) is 19.3. The summed E-state index contributed by atoms with van der Waals surface area (Å²) in [4.78, 5) is 14.3. The number of fused-ring (bicyclic) bond motifs is 1. The molecule has 0 radical (unpaired) electrons. The Morgan fingerprint density at radius 3 is 2.58 bits per heavy atom. The van der Waals surface area contributed by atoms with Gasteiger partial charge in [0.05, 0.1) is 11.0 Å². The first-order valence-corrected chi connectivity index (χ1v) is 10.9. The van der Waals surface area contributed by atoms with Gasteiger partial charge in [-0.25, -0.2) is 13.1 Å². The van der Waals surface area contributed by atoms with Gasteiger partial charge in [0.1, 0.15) is 0 Å². The van der Waals surface area contributed by atoms with Crippen LogP contribution < -0.4 is 4.72 Å². The number of carbonyl (C=O) groups excluding carboxylic acids is 1. The number of hydrogen-bond donors (Lipinski definition) is 1. The molecule has 0 bridgehead atoms. The SMILES string of the molecule is COC1CCN(C(=O)CCNS(=O)(=O)c2ccc3c(c2)CCCC3)CC1. The van der Waals surface area contributed by atoms with Gasteiger partial charge in [0.15, 0.2) is 0 Å². The highest BCUT2D eigenvalue weighted by atomic mass is 32.2. The smallest absolute Gasteiger partial charge is 0.240 e. The molecule has 26 heavy (non-hydrogen) atoms. The summed E-state index contributed by atoms with van der Waals surface area (Å²) in [5.74, 6) is -0.00676. The van der Waals surface area contributed by atoms with Crippen molar-refractivity contribution in [1.29, 1.82) is 0 Å². The number of hydrogen-bond acceptors (Lipinski definition) is 4. The van der Waals surface area contributed by atoms with Gasteiger partial charge in [0, 0.05) is 33.2 Å². The van der Waals surface area contributed by atoms with E-state index in [2.05, 4.69) is 4.72 Å². The van der Waals surface area contributed by atoms with E-state index < -0.39 is 10.0 Å². The van der Waals surface area contributed by atoms with Crippen molar-refractivity contribution in [3.05, 3.63) is 29.3 Å². The van der Waals surface area contributed by atoms with Crippen LogP contribution >= 0.6 is 0 Å². The van der Waals surface area contributed by atoms with Crippen molar-refractivity contribution < 1.29 is 17.9 Å². The van der Waals surface area contributed by atoms with Crippen molar-refractivity contribution in [2.45, 2.75) is 55.9 Å². The van der Waals surface area contributed by atoms with Gasteiger partial charge in [-0.3, -0.25) is 4.79 Å². The molecule has 2 aliphatic rings. The van der Waals surface area contributed by atoms with E-state index in [0.717, 1.165) is 37.7 Å². The second-order valence-corrected chi connectivity index (χ2v) is 8.87. The van der Waals surface area contributed by atoms with E-state index in [1.165, 1.54) is 12.0 Å². The summed E-state index contributed by atoms with van der Waals surface area (Å²) in [5.41, 5.74) is 2.39. The zero-order chi connectivity index (χ0) is 18.6. The summed E-state index contributed by atoms with van der Waals surface area (Å²) < 4.78 is 32.9. The molecule has 1 aromatic carbocycles. The van der Waals surface area contributed by atoms with Gasteiger partial charge in [0.25, 0.3) is 0 Å². The number of likely N-dealkylation sites (tertiary alicyclic amines) is 1. The quantitative estimate of drug-likeness (QED) is 0.817. The summed E-state index contributed by atoms with van der Waals surface area (Å²) in [7, 11) is -1.88. The van der Waals surface area contributed by atoms with Gasteiger partial charge >= 0.3 is 0 Å². The second kappa shape index (κ2) is 8.50. The molecule has 0 aromatic heterocycles. The molecule has 1 heterocycles. The molecule has 6 nitrogen and oxygen atoms in total. The standard InChI is InChI=1S/C19H28N2O4S/c1-25-17-9-12-21(13-10-17)19(22)8-11-20-26(23,24)18-7-6-15-4-2-3-5-16(15)14-18/h6-7,14,17,20H,2-5,8-13H2,1H3. The zero-order valence-corrected chi connectivity index (χ0v) is 16.2. The van der Waals surface area contributed by atoms with Crippen molar-refractivity contribution in [3.8, 4) is 0 Å². The molecule has 1 aliphatic carbocycles. The molecule has 3 rings (SSSR count). The maximum atomic E-state index is 12.5. The number of aryl methyl sites for hydroxylation is 2.